The van der Waals surface area contributed by atoms with Crippen LogP contribution in [0.5, 0.6) is 0 Å². The predicted molar refractivity (Wildman–Crippen MR) is 220 cm³/mol. The number of anilines is 3. The van der Waals surface area contributed by atoms with Crippen LogP contribution in [0.1, 0.15) is 83.5 Å². The van der Waals surface area contributed by atoms with Gasteiger partial charge in [0.05, 0.1) is 21.8 Å². The van der Waals surface area contributed by atoms with Crippen molar-refractivity contribution in [2.75, 3.05) is 73.6 Å². The molecule has 0 bridgehead atoms. The van der Waals surface area contributed by atoms with Crippen LogP contribution in [0.25, 0.3) is 0 Å². The molecule has 1 spiro atoms. The number of aliphatic hydroxyl groups is 1. The number of nitrogens with zero attached hydrogens (tertiary/aromatic N) is 7. The van der Waals surface area contributed by atoms with E-state index >= 15 is 4.39 Å². The van der Waals surface area contributed by atoms with E-state index in [1.54, 1.807) is 0 Å². The first kappa shape index (κ1) is 39.2. The quantitative estimate of drug-likeness (QED) is 0.341. The number of nitrogens with one attached hydrogen (secondary N) is 1. The minimum Gasteiger partial charge on any atom is -0.371 e. The van der Waals surface area contributed by atoms with Gasteiger partial charge in [-0.2, -0.15) is 5.26 Å². The van der Waals surface area contributed by atoms with E-state index in [4.69, 9.17) is 11.6 Å². The van der Waals surface area contributed by atoms with Gasteiger partial charge in [0.25, 0.3) is 11.8 Å². The van der Waals surface area contributed by atoms with Crippen LogP contribution in [0.3, 0.4) is 0 Å². The molecule has 59 heavy (non-hydrogen) atoms. The fourth-order valence-corrected chi connectivity index (χ4v) is 10.7. The molecule has 6 aliphatic heterocycles. The van der Waals surface area contributed by atoms with E-state index in [2.05, 4.69) is 45.1 Å². The fourth-order valence-electron chi connectivity index (χ4n) is 10.5. The van der Waals surface area contributed by atoms with Crippen molar-refractivity contribution in [2.24, 2.45) is 5.41 Å². The van der Waals surface area contributed by atoms with Gasteiger partial charge in [-0.05, 0) is 99.0 Å². The number of hydrogen-bond acceptors (Lipinski definition) is 10. The van der Waals surface area contributed by atoms with Crippen molar-refractivity contribution in [2.45, 2.75) is 69.8 Å². The molecule has 0 aliphatic carbocycles. The van der Waals surface area contributed by atoms with Crippen LogP contribution in [0.4, 0.5) is 21.5 Å². The van der Waals surface area contributed by atoms with Crippen LogP contribution in [0.15, 0.2) is 54.6 Å². The number of halogens is 2. The molecule has 0 saturated carbocycles. The number of imide groups is 1. The summed E-state index contributed by atoms with van der Waals surface area (Å²) >= 11 is 6.38. The summed E-state index contributed by atoms with van der Waals surface area (Å²) < 4.78 is 15.5. The number of fused-ring (bicyclic) bond motifs is 1. The molecule has 13 nitrogen and oxygen atoms in total. The number of aliphatic hydroxyl groups excluding tert-OH is 1. The molecule has 6 aliphatic rings. The highest BCUT2D eigenvalue weighted by Crippen LogP contribution is 2.46. The lowest BCUT2D eigenvalue weighted by Gasteiger charge is -2.40. The Balaban J connectivity index is 0.763. The van der Waals surface area contributed by atoms with Gasteiger partial charge in [0.2, 0.25) is 11.8 Å². The molecule has 2 unspecified atom stereocenters. The Labute approximate surface area is 347 Å². The smallest absolute Gasteiger partial charge is 0.257 e. The van der Waals surface area contributed by atoms with Gasteiger partial charge >= 0.3 is 0 Å². The zero-order chi connectivity index (χ0) is 41.2. The number of amides is 4. The summed E-state index contributed by atoms with van der Waals surface area (Å²) in [6, 6.07) is 18.1. The summed E-state index contributed by atoms with van der Waals surface area (Å²) in [5.41, 5.74) is 4.17. The van der Waals surface area contributed by atoms with Gasteiger partial charge < -0.3 is 24.7 Å². The maximum atomic E-state index is 15.5. The van der Waals surface area contributed by atoms with Crippen LogP contribution in [-0.4, -0.2) is 120 Å². The van der Waals surface area contributed by atoms with Crippen molar-refractivity contribution < 1.29 is 28.7 Å². The summed E-state index contributed by atoms with van der Waals surface area (Å²) in [5.74, 6) is -2.25. The van der Waals surface area contributed by atoms with Crippen molar-refractivity contribution in [1.82, 2.24) is 20.0 Å². The number of hydrogen-bond donors (Lipinski definition) is 2. The average Bonchev–Trinajstić information content (AvgIpc) is 3.92. The van der Waals surface area contributed by atoms with Gasteiger partial charge in [0, 0.05) is 99.9 Å². The molecule has 9 rings (SSSR count). The highest BCUT2D eigenvalue weighted by atomic mass is 35.5. The van der Waals surface area contributed by atoms with Gasteiger partial charge in [0.15, 0.2) is 6.23 Å². The summed E-state index contributed by atoms with van der Waals surface area (Å²) in [7, 11) is 0. The molecule has 4 atom stereocenters. The van der Waals surface area contributed by atoms with Crippen LogP contribution < -0.4 is 20.0 Å². The van der Waals surface area contributed by atoms with E-state index in [1.807, 2.05) is 40.1 Å². The molecule has 4 amide bonds. The minimum absolute atomic E-state index is 0.0202. The lowest BCUT2D eigenvalue weighted by atomic mass is 9.76. The number of likely N-dealkylation sites (tertiary alicyclic amines) is 1. The number of piperidine rings is 2. The Kier molecular flexibility index (Phi) is 10.3. The van der Waals surface area contributed by atoms with Crippen LogP contribution in [0, 0.1) is 22.6 Å². The van der Waals surface area contributed by atoms with Crippen LogP contribution >= 0.6 is 11.6 Å². The maximum absolute atomic E-state index is 15.5. The zero-order valence-electron chi connectivity index (χ0n) is 33.1. The molecule has 0 aromatic heterocycles. The number of carbonyl (C=O) groups is 4. The highest BCUT2D eigenvalue weighted by molar-refractivity contribution is 6.32. The van der Waals surface area contributed by atoms with Gasteiger partial charge in [-0.25, -0.2) is 4.39 Å². The first-order valence-electron chi connectivity index (χ1n) is 20.7. The molecule has 0 radical (unpaired) electrons. The number of piperazine rings is 1. The number of benzene rings is 3. The summed E-state index contributed by atoms with van der Waals surface area (Å²) in [5, 5.41) is 23.1. The van der Waals surface area contributed by atoms with Crippen molar-refractivity contribution in [3.63, 3.8) is 0 Å². The number of rotatable bonds is 6. The van der Waals surface area contributed by atoms with Crippen LogP contribution in [0.2, 0.25) is 5.02 Å². The Bertz CT molecular complexity index is 2230. The Morgan fingerprint density at radius 3 is 2.36 bits per heavy atom. The normalized spacial score (nSPS) is 25.8. The third kappa shape index (κ3) is 7.17. The minimum atomic E-state index is -1.42. The van der Waals surface area contributed by atoms with Gasteiger partial charge in [0.1, 0.15) is 17.9 Å². The third-order valence-corrected chi connectivity index (χ3v) is 14.1. The lowest BCUT2D eigenvalue weighted by molar-refractivity contribution is -0.139. The SMILES string of the molecule is C[C@H]1CC2(CCN(c3ccc(C(=O)N4CC[C@@H](N5CCN(c6cc7c(cc6F)C(=O)N(C6CCC(=O)NC6=O)C7O)CC5)C4)cc3)CC2)CN1c1ccc(C#N)c(Cl)c1. The topological polar surface area (TPSA) is 144 Å². The molecule has 5 saturated heterocycles. The lowest BCUT2D eigenvalue weighted by Crippen LogP contribution is -2.53. The molecule has 3 aromatic rings. The Morgan fingerprint density at radius 2 is 1.66 bits per heavy atom. The molecule has 2 N–H and O–H groups in total. The maximum Gasteiger partial charge on any atom is 0.257 e. The summed E-state index contributed by atoms with van der Waals surface area (Å²) in [6.45, 7) is 8.83. The second-order valence-corrected chi connectivity index (χ2v) is 17.6. The number of nitriles is 1. The largest absolute Gasteiger partial charge is 0.371 e. The Morgan fingerprint density at radius 1 is 0.932 bits per heavy atom. The van der Waals surface area contributed by atoms with Gasteiger partial charge in [-0.15, -0.1) is 0 Å². The van der Waals surface area contributed by atoms with Crippen molar-refractivity contribution >= 4 is 52.3 Å². The van der Waals surface area contributed by atoms with Crippen molar-refractivity contribution in [1.29, 1.82) is 5.26 Å². The van der Waals surface area contributed by atoms with E-state index in [0.29, 0.717) is 67.1 Å². The van der Waals surface area contributed by atoms with Gasteiger partial charge in [-0.3, -0.25) is 34.3 Å². The van der Waals surface area contributed by atoms with Crippen LogP contribution in [-0.2, 0) is 9.59 Å². The second-order valence-electron chi connectivity index (χ2n) is 17.2. The van der Waals surface area contributed by atoms with E-state index < -0.39 is 35.8 Å². The average molecular weight is 823 g/mol. The van der Waals surface area contributed by atoms with Gasteiger partial charge in [-0.1, -0.05) is 11.6 Å². The second kappa shape index (κ2) is 15.4. The highest BCUT2D eigenvalue weighted by Gasteiger charge is 2.46. The van der Waals surface area contributed by atoms with Crippen molar-refractivity contribution in [3.05, 3.63) is 87.7 Å². The zero-order valence-corrected chi connectivity index (χ0v) is 33.8. The van der Waals surface area contributed by atoms with E-state index in [-0.39, 0.29) is 41.3 Å². The van der Waals surface area contributed by atoms with Crippen molar-refractivity contribution in [3.8, 4) is 6.07 Å². The van der Waals surface area contributed by atoms with E-state index in [0.717, 1.165) is 67.7 Å². The van der Waals surface area contributed by atoms with E-state index in [9.17, 15) is 29.5 Å². The molecule has 3 aromatic carbocycles. The first-order valence-corrected chi connectivity index (χ1v) is 21.1. The first-order chi connectivity index (χ1) is 28.4. The fraction of sp³-hybridized carbons (Fsp3) is 0.477. The Hall–Kier alpha value is -5.23. The third-order valence-electron chi connectivity index (χ3n) is 13.8. The van der Waals surface area contributed by atoms with E-state index in [1.165, 1.54) is 6.07 Å². The molecule has 15 heteroatoms. The molecular formula is C44H48ClFN8O5. The molecule has 6 heterocycles. The summed E-state index contributed by atoms with van der Waals surface area (Å²) in [4.78, 5) is 63.1. The monoisotopic (exact) mass is 822 g/mol. The molecule has 5 fully saturated rings. The standard InChI is InChI=1S/C44H48ClFN8O5/c1-27-23-44(26-53(27)31-7-4-29(24-47)35(45)20-31)11-14-49(15-12-44)30-5-2-28(3-6-30)41(57)52-13-10-32(25-52)50-16-18-51(19-17-50)38-22-34-33(21-36(38)46)42(58)54(43(34)59)37-8-9-39(55)48-40(37)56/h2-7,20-22,27,32,37,43,59H,8-19,23,25-26H2,1H3,(H,48,55,56)/t27-,32+,37?,43?/m0/s1. The summed E-state index contributed by atoms with van der Waals surface area (Å²) in [6.07, 6.45) is 2.86. The predicted octanol–water partition coefficient (Wildman–Crippen LogP) is 4.52. The molecular weight excluding hydrogens is 775 g/mol. The molecule has 308 valence electrons. The number of carbonyl (C=O) groups excluding carboxylic acids is 4.